The van der Waals surface area contributed by atoms with E-state index in [-0.39, 0.29) is 11.9 Å². The summed E-state index contributed by atoms with van der Waals surface area (Å²) in [5, 5.41) is 2.94. The zero-order chi connectivity index (χ0) is 13.4. The number of nitrogens with one attached hydrogen (secondary N) is 1. The summed E-state index contributed by atoms with van der Waals surface area (Å²) < 4.78 is 5.55. The summed E-state index contributed by atoms with van der Waals surface area (Å²) in [5.74, 6) is 0.799. The van der Waals surface area contributed by atoms with E-state index >= 15 is 0 Å². The third-order valence-electron chi connectivity index (χ3n) is 2.87. The molecule has 0 aliphatic rings. The molecule has 1 amide bonds. The Hall–Kier alpha value is -1.51. The summed E-state index contributed by atoms with van der Waals surface area (Å²) in [6.45, 7) is 6.91. The van der Waals surface area contributed by atoms with E-state index in [4.69, 9.17) is 4.74 Å². The zero-order valence-electron chi connectivity index (χ0n) is 11.5. The van der Waals surface area contributed by atoms with Gasteiger partial charge in [-0.3, -0.25) is 4.79 Å². The first kappa shape index (κ1) is 14.6. The fourth-order valence-electron chi connectivity index (χ4n) is 1.45. The number of unbranched alkanes of at least 4 members (excludes halogenated alkanes) is 1. The van der Waals surface area contributed by atoms with Gasteiger partial charge < -0.3 is 10.1 Å². The van der Waals surface area contributed by atoms with Crippen LogP contribution in [-0.4, -0.2) is 18.6 Å². The Balaban J connectivity index is 2.51. The third-order valence-corrected chi connectivity index (χ3v) is 2.87. The van der Waals surface area contributed by atoms with Gasteiger partial charge in [-0.1, -0.05) is 20.3 Å². The molecule has 1 unspecified atom stereocenters. The van der Waals surface area contributed by atoms with Crippen LogP contribution in [0.25, 0.3) is 0 Å². The van der Waals surface area contributed by atoms with Gasteiger partial charge in [0.25, 0.3) is 5.91 Å². The number of benzene rings is 1. The quantitative estimate of drug-likeness (QED) is 0.752. The molecular formula is C15H23NO2. The first-order chi connectivity index (χ1) is 8.67. The Kier molecular flexibility index (Phi) is 6.26. The van der Waals surface area contributed by atoms with Gasteiger partial charge in [-0.2, -0.15) is 0 Å². The van der Waals surface area contributed by atoms with Gasteiger partial charge in [0.2, 0.25) is 0 Å². The molecule has 0 aliphatic carbocycles. The normalized spacial score (nSPS) is 11.9. The predicted octanol–water partition coefficient (Wildman–Crippen LogP) is 3.39. The van der Waals surface area contributed by atoms with Gasteiger partial charge in [0.1, 0.15) is 5.75 Å². The van der Waals surface area contributed by atoms with Crippen molar-refractivity contribution in [3.63, 3.8) is 0 Å². The molecule has 1 N–H and O–H groups in total. The fraction of sp³-hybridized carbons (Fsp3) is 0.533. The highest BCUT2D eigenvalue weighted by Gasteiger charge is 2.08. The minimum absolute atomic E-state index is 0.0236. The van der Waals surface area contributed by atoms with Crippen LogP contribution >= 0.6 is 0 Å². The lowest BCUT2D eigenvalue weighted by Crippen LogP contribution is -2.31. The summed E-state index contributed by atoms with van der Waals surface area (Å²) in [5.41, 5.74) is 0.679. The lowest BCUT2D eigenvalue weighted by molar-refractivity contribution is 0.0939. The van der Waals surface area contributed by atoms with Crippen molar-refractivity contribution in [3.05, 3.63) is 29.8 Å². The van der Waals surface area contributed by atoms with E-state index in [9.17, 15) is 4.79 Å². The van der Waals surface area contributed by atoms with Crippen molar-refractivity contribution in [2.24, 2.45) is 0 Å². The largest absolute Gasteiger partial charge is 0.494 e. The maximum Gasteiger partial charge on any atom is 0.251 e. The number of ether oxygens (including phenoxy) is 1. The Morgan fingerprint density at radius 2 is 1.94 bits per heavy atom. The van der Waals surface area contributed by atoms with Crippen molar-refractivity contribution >= 4 is 5.91 Å². The SMILES string of the molecule is CCCCOc1ccc(C(=O)NC(C)CC)cc1. The summed E-state index contributed by atoms with van der Waals surface area (Å²) in [6.07, 6.45) is 3.11. The van der Waals surface area contributed by atoms with Crippen molar-refractivity contribution in [1.82, 2.24) is 5.32 Å². The van der Waals surface area contributed by atoms with Crippen molar-refractivity contribution < 1.29 is 9.53 Å². The predicted molar refractivity (Wildman–Crippen MR) is 74.1 cm³/mol. The van der Waals surface area contributed by atoms with E-state index in [0.717, 1.165) is 31.6 Å². The van der Waals surface area contributed by atoms with Gasteiger partial charge in [-0.25, -0.2) is 0 Å². The second-order valence-electron chi connectivity index (χ2n) is 4.51. The Bertz CT molecular complexity index is 359. The highest BCUT2D eigenvalue weighted by molar-refractivity contribution is 5.94. The van der Waals surface area contributed by atoms with E-state index in [0.29, 0.717) is 5.56 Å². The van der Waals surface area contributed by atoms with Gasteiger partial charge >= 0.3 is 0 Å². The molecule has 1 aromatic rings. The van der Waals surface area contributed by atoms with Gasteiger partial charge in [0.05, 0.1) is 6.61 Å². The molecule has 1 atom stereocenters. The Morgan fingerprint density at radius 3 is 2.50 bits per heavy atom. The standard InChI is InChI=1S/C15H23NO2/c1-4-6-11-18-14-9-7-13(8-10-14)15(17)16-12(3)5-2/h7-10,12H,4-6,11H2,1-3H3,(H,16,17). The second-order valence-corrected chi connectivity index (χ2v) is 4.51. The minimum Gasteiger partial charge on any atom is -0.494 e. The third kappa shape index (κ3) is 4.78. The lowest BCUT2D eigenvalue weighted by atomic mass is 10.2. The number of hydrogen-bond acceptors (Lipinski definition) is 2. The molecule has 100 valence electrons. The summed E-state index contributed by atoms with van der Waals surface area (Å²) >= 11 is 0. The lowest BCUT2D eigenvalue weighted by Gasteiger charge is -2.11. The number of amides is 1. The molecule has 0 radical (unpaired) electrons. The number of rotatable bonds is 7. The van der Waals surface area contributed by atoms with Crippen LogP contribution in [-0.2, 0) is 0 Å². The van der Waals surface area contributed by atoms with Crippen LogP contribution in [0.1, 0.15) is 50.4 Å². The molecule has 18 heavy (non-hydrogen) atoms. The van der Waals surface area contributed by atoms with Gasteiger partial charge in [-0.05, 0) is 44.0 Å². The molecule has 1 aromatic carbocycles. The van der Waals surface area contributed by atoms with Crippen LogP contribution in [0.5, 0.6) is 5.75 Å². The van der Waals surface area contributed by atoms with Crippen molar-refractivity contribution in [2.45, 2.75) is 46.1 Å². The molecule has 0 aromatic heterocycles. The first-order valence-corrected chi connectivity index (χ1v) is 6.71. The van der Waals surface area contributed by atoms with Crippen LogP contribution in [0.2, 0.25) is 0 Å². The van der Waals surface area contributed by atoms with Gasteiger partial charge in [0.15, 0.2) is 0 Å². The van der Waals surface area contributed by atoms with Crippen molar-refractivity contribution in [3.8, 4) is 5.75 Å². The summed E-state index contributed by atoms with van der Waals surface area (Å²) in [7, 11) is 0. The highest BCUT2D eigenvalue weighted by atomic mass is 16.5. The highest BCUT2D eigenvalue weighted by Crippen LogP contribution is 2.13. The molecule has 3 nitrogen and oxygen atoms in total. The molecule has 0 saturated carbocycles. The molecule has 0 spiro atoms. The van der Waals surface area contributed by atoms with Crippen LogP contribution in [0.15, 0.2) is 24.3 Å². The molecule has 0 saturated heterocycles. The molecule has 1 rings (SSSR count). The Labute approximate surface area is 110 Å². The van der Waals surface area contributed by atoms with E-state index in [1.165, 1.54) is 0 Å². The van der Waals surface area contributed by atoms with Crippen molar-refractivity contribution in [2.75, 3.05) is 6.61 Å². The van der Waals surface area contributed by atoms with Crippen molar-refractivity contribution in [1.29, 1.82) is 0 Å². The maximum atomic E-state index is 11.8. The van der Waals surface area contributed by atoms with Crippen LogP contribution in [0.4, 0.5) is 0 Å². The Morgan fingerprint density at radius 1 is 1.28 bits per heavy atom. The minimum atomic E-state index is -0.0236. The molecular weight excluding hydrogens is 226 g/mol. The topological polar surface area (TPSA) is 38.3 Å². The molecule has 0 aliphatic heterocycles. The number of carbonyl (C=O) groups is 1. The average molecular weight is 249 g/mol. The molecule has 0 heterocycles. The van der Waals surface area contributed by atoms with E-state index in [1.54, 1.807) is 12.1 Å². The van der Waals surface area contributed by atoms with E-state index in [1.807, 2.05) is 19.1 Å². The van der Waals surface area contributed by atoms with Crippen LogP contribution in [0, 0.1) is 0 Å². The summed E-state index contributed by atoms with van der Waals surface area (Å²) in [6, 6.07) is 7.51. The second kappa shape index (κ2) is 7.75. The first-order valence-electron chi connectivity index (χ1n) is 6.71. The molecule has 0 fully saturated rings. The smallest absolute Gasteiger partial charge is 0.251 e. The van der Waals surface area contributed by atoms with Gasteiger partial charge in [0, 0.05) is 11.6 Å². The average Bonchev–Trinajstić information content (AvgIpc) is 2.39. The number of carbonyl (C=O) groups excluding carboxylic acids is 1. The molecule has 0 bridgehead atoms. The summed E-state index contributed by atoms with van der Waals surface area (Å²) in [4.78, 5) is 11.8. The van der Waals surface area contributed by atoms with Crippen LogP contribution in [0.3, 0.4) is 0 Å². The fourth-order valence-corrected chi connectivity index (χ4v) is 1.45. The zero-order valence-corrected chi connectivity index (χ0v) is 11.5. The van der Waals surface area contributed by atoms with E-state index in [2.05, 4.69) is 19.2 Å². The monoisotopic (exact) mass is 249 g/mol. The maximum absolute atomic E-state index is 11.8. The molecule has 3 heteroatoms. The number of hydrogen-bond donors (Lipinski definition) is 1. The van der Waals surface area contributed by atoms with E-state index < -0.39 is 0 Å². The van der Waals surface area contributed by atoms with Crippen LogP contribution < -0.4 is 10.1 Å². The van der Waals surface area contributed by atoms with Gasteiger partial charge in [-0.15, -0.1) is 0 Å².